The van der Waals surface area contributed by atoms with Gasteiger partial charge in [0.25, 0.3) is 0 Å². The van der Waals surface area contributed by atoms with E-state index in [0.29, 0.717) is 39.9 Å². The van der Waals surface area contributed by atoms with Crippen molar-refractivity contribution < 1.29 is 4.74 Å². The van der Waals surface area contributed by atoms with Crippen LogP contribution in [0.25, 0.3) is 16.6 Å². The number of nitrogens with one attached hydrogen (secondary N) is 3. The summed E-state index contributed by atoms with van der Waals surface area (Å²) in [5, 5.41) is 22.9. The van der Waals surface area contributed by atoms with Crippen LogP contribution in [0, 0.1) is 12.3 Å². The van der Waals surface area contributed by atoms with Gasteiger partial charge < -0.3 is 15.4 Å². The molecule has 0 aliphatic rings. The van der Waals surface area contributed by atoms with Crippen molar-refractivity contribution in [2.45, 2.75) is 6.92 Å². The van der Waals surface area contributed by atoms with Crippen LogP contribution in [-0.4, -0.2) is 45.0 Å². The molecule has 0 saturated carbocycles. The minimum absolute atomic E-state index is 0.306. The van der Waals surface area contributed by atoms with Crippen LogP contribution in [0.1, 0.15) is 16.7 Å². The lowest BCUT2D eigenvalue weighted by Crippen LogP contribution is -2.08. The SMILES string of the molecule is CN/C=C(\C(=N)c1ccc(OC)nc1)c1cnc2ccc(Nc3cc(C)cnn3)nc2c1. The van der Waals surface area contributed by atoms with Crippen molar-refractivity contribution in [1.29, 1.82) is 5.41 Å². The Morgan fingerprint density at radius 2 is 1.81 bits per heavy atom. The van der Waals surface area contributed by atoms with Gasteiger partial charge in [0.2, 0.25) is 5.88 Å². The summed E-state index contributed by atoms with van der Waals surface area (Å²) in [7, 11) is 3.35. The predicted octanol–water partition coefficient (Wildman–Crippen LogP) is 3.50. The number of aromatic nitrogens is 5. The Balaban J connectivity index is 1.67. The van der Waals surface area contributed by atoms with Crippen LogP contribution in [0.3, 0.4) is 0 Å². The Kier molecular flexibility index (Phi) is 5.98. The number of anilines is 2. The zero-order valence-corrected chi connectivity index (χ0v) is 17.9. The highest BCUT2D eigenvalue weighted by Crippen LogP contribution is 2.24. The number of hydrogen-bond acceptors (Lipinski definition) is 9. The lowest BCUT2D eigenvalue weighted by molar-refractivity contribution is 0.398. The molecule has 4 aromatic heterocycles. The number of hydrogen-bond donors (Lipinski definition) is 3. The van der Waals surface area contributed by atoms with Gasteiger partial charge >= 0.3 is 0 Å². The maximum Gasteiger partial charge on any atom is 0.212 e. The molecule has 0 bridgehead atoms. The maximum atomic E-state index is 8.71. The summed E-state index contributed by atoms with van der Waals surface area (Å²) < 4.78 is 5.11. The highest BCUT2D eigenvalue weighted by Gasteiger charge is 2.13. The van der Waals surface area contributed by atoms with Gasteiger partial charge in [0, 0.05) is 48.4 Å². The number of ether oxygens (including phenoxy) is 1. The lowest BCUT2D eigenvalue weighted by atomic mass is 9.98. The molecule has 4 heterocycles. The normalized spacial score (nSPS) is 11.3. The van der Waals surface area contributed by atoms with Gasteiger partial charge in [-0.05, 0) is 42.8 Å². The summed E-state index contributed by atoms with van der Waals surface area (Å²) >= 11 is 0. The largest absolute Gasteiger partial charge is 0.481 e. The van der Waals surface area contributed by atoms with Crippen LogP contribution in [0.2, 0.25) is 0 Å². The van der Waals surface area contributed by atoms with Gasteiger partial charge in [-0.3, -0.25) is 10.4 Å². The Bertz CT molecular complexity index is 1300. The van der Waals surface area contributed by atoms with Crippen molar-refractivity contribution >= 4 is 34.0 Å². The van der Waals surface area contributed by atoms with E-state index in [0.717, 1.165) is 16.6 Å². The van der Waals surface area contributed by atoms with Crippen LogP contribution >= 0.6 is 0 Å². The number of pyridine rings is 3. The van der Waals surface area contributed by atoms with Crippen molar-refractivity contribution in [3.63, 3.8) is 0 Å². The van der Waals surface area contributed by atoms with E-state index >= 15 is 0 Å². The Labute approximate surface area is 185 Å². The number of aryl methyl sites for hydroxylation is 1. The van der Waals surface area contributed by atoms with Crippen molar-refractivity contribution in [3.05, 3.63) is 77.9 Å². The quantitative estimate of drug-likeness (QED) is 0.384. The van der Waals surface area contributed by atoms with Crippen LogP contribution in [0.5, 0.6) is 5.88 Å². The van der Waals surface area contributed by atoms with E-state index in [4.69, 9.17) is 10.1 Å². The van der Waals surface area contributed by atoms with Gasteiger partial charge in [0.15, 0.2) is 5.82 Å². The van der Waals surface area contributed by atoms with Gasteiger partial charge in [0.1, 0.15) is 5.82 Å². The third-order valence-electron chi connectivity index (χ3n) is 4.69. The summed E-state index contributed by atoms with van der Waals surface area (Å²) in [6.07, 6.45) is 6.80. The highest BCUT2D eigenvalue weighted by molar-refractivity contribution is 6.30. The van der Waals surface area contributed by atoms with Crippen molar-refractivity contribution in [2.75, 3.05) is 19.5 Å². The van der Waals surface area contributed by atoms with Crippen molar-refractivity contribution in [3.8, 4) is 5.88 Å². The highest BCUT2D eigenvalue weighted by atomic mass is 16.5. The fourth-order valence-electron chi connectivity index (χ4n) is 3.13. The van der Waals surface area contributed by atoms with E-state index in [1.165, 1.54) is 0 Å². The average molecular weight is 426 g/mol. The lowest BCUT2D eigenvalue weighted by Gasteiger charge is -2.11. The van der Waals surface area contributed by atoms with Gasteiger partial charge in [0.05, 0.1) is 30.1 Å². The number of nitrogens with zero attached hydrogens (tertiary/aromatic N) is 5. The first-order valence-electron chi connectivity index (χ1n) is 9.87. The van der Waals surface area contributed by atoms with Crippen molar-refractivity contribution in [2.24, 2.45) is 0 Å². The molecule has 9 nitrogen and oxygen atoms in total. The summed E-state index contributed by atoms with van der Waals surface area (Å²) in [5.74, 6) is 1.74. The van der Waals surface area contributed by atoms with E-state index in [1.807, 2.05) is 31.2 Å². The fraction of sp³-hybridized carbons (Fsp3) is 0.130. The third kappa shape index (κ3) is 4.51. The molecule has 3 N–H and O–H groups in total. The van der Waals surface area contributed by atoms with E-state index in [-0.39, 0.29) is 0 Å². The first kappa shape index (κ1) is 20.9. The standard InChI is InChI=1S/C23H22N8O/c1-14-8-21(31-28-10-14)30-20-6-5-18-19(29-20)9-16(12-26-18)17(13-25-2)23(24)15-4-7-22(32-3)27-11-15/h4-13,24-25H,1-3H3,(H,29,30,31)/b17-13-,24-23?. The molecule has 32 heavy (non-hydrogen) atoms. The van der Waals surface area contributed by atoms with E-state index in [1.54, 1.807) is 51.1 Å². The molecule has 0 unspecified atom stereocenters. The number of fused-ring (bicyclic) bond motifs is 1. The molecule has 0 radical (unpaired) electrons. The Morgan fingerprint density at radius 3 is 2.53 bits per heavy atom. The van der Waals surface area contributed by atoms with Crippen LogP contribution in [0.4, 0.5) is 11.6 Å². The summed E-state index contributed by atoms with van der Waals surface area (Å²) in [5.41, 5.74) is 4.83. The smallest absolute Gasteiger partial charge is 0.212 e. The van der Waals surface area contributed by atoms with E-state index in [9.17, 15) is 0 Å². The summed E-state index contributed by atoms with van der Waals surface area (Å²) in [6, 6.07) is 11.1. The van der Waals surface area contributed by atoms with Gasteiger partial charge in [-0.2, -0.15) is 5.10 Å². The molecule has 4 rings (SSSR count). The molecule has 160 valence electrons. The van der Waals surface area contributed by atoms with Crippen LogP contribution < -0.4 is 15.4 Å². The minimum atomic E-state index is 0.306. The third-order valence-corrected chi connectivity index (χ3v) is 4.69. The second-order valence-electron chi connectivity index (χ2n) is 7.01. The van der Waals surface area contributed by atoms with Gasteiger partial charge in [-0.15, -0.1) is 5.10 Å². The molecule has 9 heteroatoms. The topological polar surface area (TPSA) is 122 Å². The molecule has 0 atom stereocenters. The van der Waals surface area contributed by atoms with Crippen LogP contribution in [0.15, 0.2) is 61.2 Å². The monoisotopic (exact) mass is 426 g/mol. The molecule has 0 aliphatic heterocycles. The maximum absolute atomic E-state index is 8.71. The second kappa shape index (κ2) is 9.17. The molecule has 0 aliphatic carbocycles. The van der Waals surface area contributed by atoms with Crippen LogP contribution in [-0.2, 0) is 0 Å². The molecule has 0 aromatic carbocycles. The number of allylic oxidation sites excluding steroid dienone is 1. The molecular weight excluding hydrogens is 404 g/mol. The Morgan fingerprint density at radius 1 is 0.969 bits per heavy atom. The zero-order valence-electron chi connectivity index (χ0n) is 17.9. The predicted molar refractivity (Wildman–Crippen MR) is 124 cm³/mol. The van der Waals surface area contributed by atoms with E-state index < -0.39 is 0 Å². The first-order chi connectivity index (χ1) is 15.6. The van der Waals surface area contributed by atoms with Crippen molar-refractivity contribution in [1.82, 2.24) is 30.5 Å². The van der Waals surface area contributed by atoms with Gasteiger partial charge in [-0.25, -0.2) is 9.97 Å². The first-order valence-corrected chi connectivity index (χ1v) is 9.87. The molecule has 0 spiro atoms. The number of methoxy groups -OCH3 is 1. The molecule has 0 fully saturated rings. The summed E-state index contributed by atoms with van der Waals surface area (Å²) in [4.78, 5) is 13.4. The van der Waals surface area contributed by atoms with E-state index in [2.05, 4.69) is 35.8 Å². The van der Waals surface area contributed by atoms with Gasteiger partial charge in [-0.1, -0.05) is 0 Å². The number of rotatable bonds is 7. The average Bonchev–Trinajstić information content (AvgIpc) is 2.82. The molecular formula is C23H22N8O. The molecule has 0 amide bonds. The fourth-order valence-corrected chi connectivity index (χ4v) is 3.13. The molecule has 0 saturated heterocycles. The second-order valence-corrected chi connectivity index (χ2v) is 7.01. The molecule has 4 aromatic rings. The zero-order chi connectivity index (χ0) is 22.5. The summed E-state index contributed by atoms with van der Waals surface area (Å²) in [6.45, 7) is 1.95. The minimum Gasteiger partial charge on any atom is -0.481 e. The Hall–Kier alpha value is -4.40.